The maximum Gasteiger partial charge on any atom is 0.331 e. The predicted octanol–water partition coefficient (Wildman–Crippen LogP) is -2.64. The van der Waals surface area contributed by atoms with Gasteiger partial charge in [0.05, 0.1) is 24.1 Å². The van der Waals surface area contributed by atoms with Crippen LogP contribution in [0.2, 0.25) is 0 Å². The number of carbonyl (C=O) groups is 3. The maximum absolute atomic E-state index is 13.4. The third-order valence-electron chi connectivity index (χ3n) is 8.86. The molecule has 230 valence electrons. The van der Waals surface area contributed by atoms with Gasteiger partial charge >= 0.3 is 6.03 Å². The number of sulfone groups is 1. The van der Waals surface area contributed by atoms with Crippen molar-refractivity contribution < 1.29 is 33.0 Å². The van der Waals surface area contributed by atoms with Crippen LogP contribution >= 0.6 is 0 Å². The molecule has 16 nitrogen and oxygen atoms in total. The summed E-state index contributed by atoms with van der Waals surface area (Å²) >= 11 is 0. The lowest BCUT2D eigenvalue weighted by Gasteiger charge is -2.49. The van der Waals surface area contributed by atoms with Crippen LogP contribution in [-0.2, 0) is 26.1 Å². The van der Waals surface area contributed by atoms with Crippen LogP contribution in [0.4, 0.5) is 10.5 Å². The number of guanidine groups is 2. The van der Waals surface area contributed by atoms with Gasteiger partial charge in [-0.2, -0.15) is 0 Å². The Morgan fingerprint density at radius 2 is 1.82 bits per heavy atom. The van der Waals surface area contributed by atoms with E-state index in [-0.39, 0.29) is 48.6 Å². The molecule has 2 aromatic rings. The molecule has 2 aromatic carbocycles. The summed E-state index contributed by atoms with van der Waals surface area (Å²) in [5, 5.41) is 28.9. The van der Waals surface area contributed by atoms with Gasteiger partial charge in [0.25, 0.3) is 11.8 Å². The summed E-state index contributed by atoms with van der Waals surface area (Å²) in [6, 6.07) is 9.20. The van der Waals surface area contributed by atoms with E-state index in [9.17, 15) is 33.0 Å². The Labute approximate surface area is 250 Å². The number of amides is 4. The number of fused-ring (bicyclic) bond motifs is 1. The molecule has 17 heteroatoms. The van der Waals surface area contributed by atoms with E-state index in [0.717, 1.165) is 4.90 Å². The van der Waals surface area contributed by atoms with Crippen molar-refractivity contribution in [1.29, 1.82) is 0 Å². The normalized spacial score (nSPS) is 29.5. The first-order chi connectivity index (χ1) is 20.8. The third kappa shape index (κ3) is 3.96. The van der Waals surface area contributed by atoms with E-state index in [1.54, 1.807) is 42.5 Å². The van der Waals surface area contributed by atoms with Crippen LogP contribution in [0.1, 0.15) is 21.5 Å². The number of nitrogens with zero attached hydrogens (tertiary/aromatic N) is 5. The van der Waals surface area contributed by atoms with Crippen molar-refractivity contribution in [2.24, 2.45) is 21.5 Å². The zero-order valence-corrected chi connectivity index (χ0v) is 23.9. The highest BCUT2D eigenvalue weighted by Gasteiger charge is 2.73. The fourth-order valence-corrected chi connectivity index (χ4v) is 8.48. The summed E-state index contributed by atoms with van der Waals surface area (Å²) in [5.41, 5.74) is 12.0. The molecule has 5 heterocycles. The minimum Gasteiger partial charge on any atom is -0.370 e. The van der Waals surface area contributed by atoms with Crippen LogP contribution in [0.3, 0.4) is 0 Å². The van der Waals surface area contributed by atoms with E-state index in [2.05, 4.69) is 20.6 Å². The quantitative estimate of drug-likeness (QED) is 0.149. The van der Waals surface area contributed by atoms with Crippen LogP contribution in [-0.4, -0.2) is 107 Å². The highest BCUT2D eigenvalue weighted by molar-refractivity contribution is 7.90. The number of para-hydroxylation sites is 1. The molecule has 0 aliphatic carbocycles. The van der Waals surface area contributed by atoms with Crippen LogP contribution in [0.5, 0.6) is 0 Å². The number of aliphatic hydroxyl groups is 2. The first kappa shape index (κ1) is 28.1. The van der Waals surface area contributed by atoms with Crippen molar-refractivity contribution in [1.82, 2.24) is 20.4 Å². The lowest BCUT2D eigenvalue weighted by molar-refractivity contribution is -0.230. The Morgan fingerprint density at radius 3 is 2.57 bits per heavy atom. The number of nitrogens with one attached hydrogen (secondary N) is 2. The molecule has 7 rings (SSSR count). The molecule has 4 amide bonds. The molecular weight excluding hydrogens is 594 g/mol. The predicted molar refractivity (Wildman–Crippen MR) is 155 cm³/mol. The van der Waals surface area contributed by atoms with Crippen molar-refractivity contribution in [3.63, 3.8) is 0 Å². The Hall–Kier alpha value is -4.74. The largest absolute Gasteiger partial charge is 0.370 e. The topological polar surface area (TPSA) is 236 Å². The minimum atomic E-state index is -3.41. The zero-order valence-electron chi connectivity index (χ0n) is 23.1. The van der Waals surface area contributed by atoms with Gasteiger partial charge < -0.3 is 37.2 Å². The standard InChI is InChI=1S/C27H29N9O7S/c28-23-32-21-18(9-35-20(37)11-34(25(35)39)15-6-2-1-3-7-15)30-24(29)36-10-19(27(40,41)26(21,36)33-23)31-22(38)16-8-4-5-14-12-44(42,43)13-17(14)16/h1-8,18-19,21,40-41H,9-13H2,(H2,29,30)(H,31,38)(H3,28,32,33)/t18-,19?,21-,26?/m0/s1. The number of aliphatic imine (C=N–C) groups is 2. The van der Waals surface area contributed by atoms with Gasteiger partial charge in [0.1, 0.15) is 18.6 Å². The van der Waals surface area contributed by atoms with E-state index >= 15 is 0 Å². The SMILES string of the molecule is NC1=N[C@H]2[C@H](CN3C(=O)CN(c4ccccc4)C3=O)N=C(N)N3CC(NC(=O)c4cccc5c4CS(=O)(=O)C5)C(O)(O)C23N1. The lowest BCUT2D eigenvalue weighted by atomic mass is 9.84. The summed E-state index contributed by atoms with van der Waals surface area (Å²) in [5.74, 6) is -4.77. The van der Waals surface area contributed by atoms with E-state index in [4.69, 9.17) is 11.5 Å². The summed E-state index contributed by atoms with van der Waals surface area (Å²) in [6.45, 7) is -0.704. The molecule has 8 N–H and O–H groups in total. The Kier molecular flexibility index (Phi) is 5.98. The average molecular weight is 624 g/mol. The van der Waals surface area contributed by atoms with Gasteiger partial charge in [-0.15, -0.1) is 0 Å². The lowest BCUT2D eigenvalue weighted by Crippen LogP contribution is -2.78. The number of rotatable bonds is 5. The summed E-state index contributed by atoms with van der Waals surface area (Å²) in [4.78, 5) is 52.2. The number of nitrogens with two attached hydrogens (primary N) is 2. The van der Waals surface area contributed by atoms with E-state index in [0.29, 0.717) is 16.8 Å². The maximum atomic E-state index is 13.4. The summed E-state index contributed by atoms with van der Waals surface area (Å²) in [6.07, 6.45) is 0. The fraction of sp³-hybridized carbons (Fsp3) is 0.370. The molecule has 1 spiro atoms. The van der Waals surface area contributed by atoms with Crippen LogP contribution in [0, 0.1) is 0 Å². The number of benzene rings is 2. The Balaban J connectivity index is 1.17. The fourth-order valence-electron chi connectivity index (χ4n) is 6.85. The highest BCUT2D eigenvalue weighted by atomic mass is 32.2. The number of carbonyl (C=O) groups excluding carboxylic acids is 3. The van der Waals surface area contributed by atoms with Gasteiger partial charge in [-0.3, -0.25) is 19.4 Å². The van der Waals surface area contributed by atoms with Gasteiger partial charge in [0.2, 0.25) is 5.79 Å². The molecule has 0 saturated carbocycles. The molecule has 0 aromatic heterocycles. The van der Waals surface area contributed by atoms with Gasteiger partial charge in [0.15, 0.2) is 27.4 Å². The van der Waals surface area contributed by atoms with Gasteiger partial charge in [-0.25, -0.2) is 23.2 Å². The van der Waals surface area contributed by atoms with E-state index in [1.165, 1.54) is 15.9 Å². The second kappa shape index (κ2) is 9.38. The summed E-state index contributed by atoms with van der Waals surface area (Å²) in [7, 11) is -3.41. The molecule has 4 atom stereocenters. The number of hydrogen-bond acceptors (Lipinski definition) is 13. The molecule has 0 bridgehead atoms. The average Bonchev–Trinajstić information content (AvgIpc) is 3.65. The van der Waals surface area contributed by atoms with Crippen LogP contribution in [0.25, 0.3) is 0 Å². The monoisotopic (exact) mass is 623 g/mol. The molecule has 5 aliphatic rings. The second-order valence-electron chi connectivity index (χ2n) is 11.5. The molecule has 2 unspecified atom stereocenters. The number of imide groups is 1. The molecule has 2 fully saturated rings. The van der Waals surface area contributed by atoms with Crippen molar-refractivity contribution in [3.8, 4) is 0 Å². The Bertz CT molecular complexity index is 1780. The van der Waals surface area contributed by atoms with Crippen molar-refractivity contribution in [2.45, 2.75) is 41.1 Å². The first-order valence-electron chi connectivity index (χ1n) is 13.8. The van der Waals surface area contributed by atoms with Crippen LogP contribution in [0.15, 0.2) is 58.5 Å². The molecular formula is C27H29N9O7S. The van der Waals surface area contributed by atoms with Gasteiger partial charge in [-0.1, -0.05) is 30.3 Å². The van der Waals surface area contributed by atoms with Crippen molar-refractivity contribution in [3.05, 3.63) is 65.2 Å². The first-order valence-corrected chi connectivity index (χ1v) is 15.6. The number of hydrogen-bond donors (Lipinski definition) is 6. The Morgan fingerprint density at radius 1 is 1.07 bits per heavy atom. The third-order valence-corrected chi connectivity index (χ3v) is 10.3. The molecule has 0 radical (unpaired) electrons. The van der Waals surface area contributed by atoms with Gasteiger partial charge in [0, 0.05) is 17.8 Å². The minimum absolute atomic E-state index is 0.0991. The van der Waals surface area contributed by atoms with E-state index in [1.807, 2.05) is 0 Å². The van der Waals surface area contributed by atoms with Crippen molar-refractivity contribution >= 4 is 45.3 Å². The van der Waals surface area contributed by atoms with E-state index < -0.39 is 57.3 Å². The van der Waals surface area contributed by atoms with Gasteiger partial charge in [-0.05, 0) is 29.3 Å². The van der Waals surface area contributed by atoms with Crippen LogP contribution < -0.4 is 27.0 Å². The van der Waals surface area contributed by atoms with Crippen molar-refractivity contribution in [2.75, 3.05) is 24.5 Å². The zero-order chi connectivity index (χ0) is 31.2. The smallest absolute Gasteiger partial charge is 0.331 e. The second-order valence-corrected chi connectivity index (χ2v) is 13.5. The molecule has 44 heavy (non-hydrogen) atoms. The molecule has 5 aliphatic heterocycles. The number of anilines is 1. The number of urea groups is 1. The summed E-state index contributed by atoms with van der Waals surface area (Å²) < 4.78 is 24.5. The molecule has 2 saturated heterocycles. The highest BCUT2D eigenvalue weighted by Crippen LogP contribution is 2.45.